The molecule has 1 aliphatic rings. The Morgan fingerprint density at radius 3 is 2.83 bits per heavy atom. The van der Waals surface area contributed by atoms with Crippen molar-refractivity contribution >= 4 is 17.5 Å². The smallest absolute Gasteiger partial charge is 0.235 e. The summed E-state index contributed by atoms with van der Waals surface area (Å²) >= 11 is 5.46. The number of rotatable bonds is 3. The summed E-state index contributed by atoms with van der Waals surface area (Å²) in [6.07, 6.45) is 0.878. The van der Waals surface area contributed by atoms with Crippen LogP contribution in [0.2, 0.25) is 0 Å². The van der Waals surface area contributed by atoms with Crippen LogP contribution in [0.15, 0.2) is 18.2 Å². The number of carbonyl (C=O) groups is 1. The van der Waals surface area contributed by atoms with E-state index in [1.54, 1.807) is 0 Å². The minimum atomic E-state index is -0.184. The minimum absolute atomic E-state index is 0.0328. The van der Waals surface area contributed by atoms with Crippen molar-refractivity contribution < 1.29 is 14.3 Å². The van der Waals surface area contributed by atoms with Gasteiger partial charge in [-0.05, 0) is 24.6 Å². The molecule has 0 bridgehead atoms. The van der Waals surface area contributed by atoms with Crippen LogP contribution in [0.25, 0.3) is 0 Å². The van der Waals surface area contributed by atoms with E-state index in [2.05, 4.69) is 5.32 Å². The predicted molar refractivity (Wildman–Crippen MR) is 69.3 cm³/mol. The van der Waals surface area contributed by atoms with Gasteiger partial charge in [-0.2, -0.15) is 0 Å². The van der Waals surface area contributed by atoms with Crippen molar-refractivity contribution in [1.29, 1.82) is 0 Å². The summed E-state index contributed by atoms with van der Waals surface area (Å²) in [4.78, 5) is 11.2. The summed E-state index contributed by atoms with van der Waals surface area (Å²) in [6, 6.07) is 5.60. The standard InChI is InChI=1S/C13H16ClNO3/c1-9(15-13(16)8-14)10-3-4-11-12(7-10)18-6-2-5-17-11/h3-4,7,9H,2,5-6,8H2,1H3,(H,15,16)/t9-/m0/s1. The lowest BCUT2D eigenvalue weighted by atomic mass is 10.1. The summed E-state index contributed by atoms with van der Waals surface area (Å²) < 4.78 is 11.2. The highest BCUT2D eigenvalue weighted by Crippen LogP contribution is 2.32. The Morgan fingerprint density at radius 1 is 1.39 bits per heavy atom. The van der Waals surface area contributed by atoms with Gasteiger partial charge in [0.2, 0.25) is 5.91 Å². The fraction of sp³-hybridized carbons (Fsp3) is 0.462. The van der Waals surface area contributed by atoms with Crippen LogP contribution in [0.4, 0.5) is 0 Å². The van der Waals surface area contributed by atoms with Gasteiger partial charge in [0.1, 0.15) is 5.88 Å². The number of alkyl halides is 1. The zero-order chi connectivity index (χ0) is 13.0. The van der Waals surface area contributed by atoms with Gasteiger partial charge in [-0.3, -0.25) is 4.79 Å². The summed E-state index contributed by atoms with van der Waals surface area (Å²) in [5, 5.41) is 2.80. The molecule has 0 saturated carbocycles. The maximum atomic E-state index is 11.2. The molecule has 1 aromatic rings. The van der Waals surface area contributed by atoms with E-state index in [0.29, 0.717) is 13.2 Å². The van der Waals surface area contributed by atoms with Crippen molar-refractivity contribution in [3.05, 3.63) is 23.8 Å². The molecule has 1 atom stereocenters. The van der Waals surface area contributed by atoms with Crippen molar-refractivity contribution in [2.24, 2.45) is 0 Å². The molecule has 1 amide bonds. The Hall–Kier alpha value is -1.42. The molecule has 0 unspecified atom stereocenters. The molecule has 1 aliphatic heterocycles. The Kier molecular flexibility index (Phi) is 4.31. The number of carbonyl (C=O) groups excluding carboxylic acids is 1. The fourth-order valence-corrected chi connectivity index (χ4v) is 1.89. The first-order chi connectivity index (χ1) is 8.70. The Labute approximate surface area is 111 Å². The summed E-state index contributed by atoms with van der Waals surface area (Å²) in [6.45, 7) is 3.23. The van der Waals surface area contributed by atoms with Crippen LogP contribution in [0.3, 0.4) is 0 Å². The largest absolute Gasteiger partial charge is 0.490 e. The third-order valence-electron chi connectivity index (χ3n) is 2.77. The van der Waals surface area contributed by atoms with Crippen LogP contribution in [0.5, 0.6) is 11.5 Å². The SMILES string of the molecule is C[C@H](NC(=O)CCl)c1ccc2c(c1)OCCCO2. The van der Waals surface area contributed by atoms with E-state index in [1.165, 1.54) is 0 Å². The van der Waals surface area contributed by atoms with Gasteiger partial charge >= 0.3 is 0 Å². The van der Waals surface area contributed by atoms with Crippen molar-refractivity contribution in [3.8, 4) is 11.5 Å². The Morgan fingerprint density at radius 2 is 2.11 bits per heavy atom. The number of ether oxygens (including phenoxy) is 2. The summed E-state index contributed by atoms with van der Waals surface area (Å²) in [5.41, 5.74) is 0.970. The highest BCUT2D eigenvalue weighted by molar-refractivity contribution is 6.27. The molecule has 5 heteroatoms. The zero-order valence-corrected chi connectivity index (χ0v) is 11.0. The molecule has 1 heterocycles. The summed E-state index contributed by atoms with van der Waals surface area (Å²) in [7, 11) is 0. The predicted octanol–water partition coefficient (Wildman–Crippen LogP) is 2.26. The Balaban J connectivity index is 2.14. The van der Waals surface area contributed by atoms with Crippen molar-refractivity contribution in [2.45, 2.75) is 19.4 Å². The minimum Gasteiger partial charge on any atom is -0.490 e. The second-order valence-corrected chi connectivity index (χ2v) is 4.45. The van der Waals surface area contributed by atoms with Crippen LogP contribution < -0.4 is 14.8 Å². The van der Waals surface area contributed by atoms with E-state index in [1.807, 2.05) is 25.1 Å². The van der Waals surface area contributed by atoms with Gasteiger partial charge < -0.3 is 14.8 Å². The van der Waals surface area contributed by atoms with Crippen LogP contribution in [0, 0.1) is 0 Å². The molecule has 18 heavy (non-hydrogen) atoms. The first-order valence-corrected chi connectivity index (χ1v) is 6.49. The highest BCUT2D eigenvalue weighted by atomic mass is 35.5. The van der Waals surface area contributed by atoms with Crippen molar-refractivity contribution in [3.63, 3.8) is 0 Å². The third-order valence-corrected chi connectivity index (χ3v) is 3.01. The lowest BCUT2D eigenvalue weighted by Crippen LogP contribution is -2.27. The van der Waals surface area contributed by atoms with E-state index < -0.39 is 0 Å². The van der Waals surface area contributed by atoms with E-state index in [9.17, 15) is 4.79 Å². The first kappa shape index (κ1) is 13.0. The molecule has 0 spiro atoms. The van der Waals surface area contributed by atoms with Gasteiger partial charge in [0.05, 0.1) is 19.3 Å². The average molecular weight is 270 g/mol. The molecule has 1 N–H and O–H groups in total. The van der Waals surface area contributed by atoms with Gasteiger partial charge in [0.25, 0.3) is 0 Å². The molecule has 0 fully saturated rings. The number of fused-ring (bicyclic) bond motifs is 1. The molecule has 0 aliphatic carbocycles. The van der Waals surface area contributed by atoms with Crippen LogP contribution in [-0.2, 0) is 4.79 Å². The fourth-order valence-electron chi connectivity index (χ4n) is 1.81. The quantitative estimate of drug-likeness (QED) is 0.857. The van der Waals surface area contributed by atoms with Crippen molar-refractivity contribution in [2.75, 3.05) is 19.1 Å². The van der Waals surface area contributed by atoms with Crippen molar-refractivity contribution in [1.82, 2.24) is 5.32 Å². The van der Waals surface area contributed by atoms with E-state index >= 15 is 0 Å². The highest BCUT2D eigenvalue weighted by Gasteiger charge is 2.14. The lowest BCUT2D eigenvalue weighted by molar-refractivity contribution is -0.119. The molecule has 98 valence electrons. The molecule has 0 saturated heterocycles. The molecule has 0 radical (unpaired) electrons. The molecule has 4 nitrogen and oxygen atoms in total. The molecule has 1 aromatic carbocycles. The number of hydrogen-bond acceptors (Lipinski definition) is 3. The van der Waals surface area contributed by atoms with E-state index in [-0.39, 0.29) is 17.8 Å². The van der Waals surface area contributed by atoms with Gasteiger partial charge in [-0.1, -0.05) is 6.07 Å². The number of amides is 1. The first-order valence-electron chi connectivity index (χ1n) is 5.95. The zero-order valence-electron chi connectivity index (χ0n) is 10.2. The van der Waals surface area contributed by atoms with Crippen LogP contribution >= 0.6 is 11.6 Å². The third kappa shape index (κ3) is 3.07. The molecular formula is C13H16ClNO3. The summed E-state index contributed by atoms with van der Waals surface area (Å²) in [5.74, 6) is 1.27. The van der Waals surface area contributed by atoms with E-state index in [0.717, 1.165) is 23.5 Å². The normalized spacial score (nSPS) is 15.7. The Bertz CT molecular complexity index is 436. The number of nitrogens with one attached hydrogen (secondary N) is 1. The maximum Gasteiger partial charge on any atom is 0.235 e. The van der Waals surface area contributed by atoms with Gasteiger partial charge in [0.15, 0.2) is 11.5 Å². The second-order valence-electron chi connectivity index (χ2n) is 4.18. The number of benzene rings is 1. The maximum absolute atomic E-state index is 11.2. The monoisotopic (exact) mass is 269 g/mol. The van der Waals surface area contributed by atoms with Gasteiger partial charge in [-0.25, -0.2) is 0 Å². The van der Waals surface area contributed by atoms with Crippen LogP contribution in [0.1, 0.15) is 24.9 Å². The topological polar surface area (TPSA) is 47.6 Å². The molecule has 0 aromatic heterocycles. The van der Waals surface area contributed by atoms with Gasteiger partial charge in [0, 0.05) is 6.42 Å². The number of hydrogen-bond donors (Lipinski definition) is 1. The van der Waals surface area contributed by atoms with Gasteiger partial charge in [-0.15, -0.1) is 11.6 Å². The average Bonchev–Trinajstić information content (AvgIpc) is 2.62. The molecular weight excluding hydrogens is 254 g/mol. The number of halogens is 1. The molecule has 2 rings (SSSR count). The van der Waals surface area contributed by atoms with Crippen LogP contribution in [-0.4, -0.2) is 25.0 Å². The lowest BCUT2D eigenvalue weighted by Gasteiger charge is -2.15. The second kappa shape index (κ2) is 5.96. The van der Waals surface area contributed by atoms with E-state index in [4.69, 9.17) is 21.1 Å².